The van der Waals surface area contributed by atoms with E-state index >= 15 is 0 Å². The molecule has 1 heterocycles. The zero-order chi connectivity index (χ0) is 14.0. The molecule has 1 aromatic rings. The molecule has 0 bridgehead atoms. The van der Waals surface area contributed by atoms with E-state index in [1.165, 1.54) is 11.4 Å². The van der Waals surface area contributed by atoms with Crippen molar-refractivity contribution >= 4 is 27.3 Å². The van der Waals surface area contributed by atoms with E-state index < -0.39 is 21.5 Å². The van der Waals surface area contributed by atoms with Crippen LogP contribution in [0.4, 0.5) is 0 Å². The highest BCUT2D eigenvalue weighted by molar-refractivity contribution is 7.89. The number of carbonyl (C=O) groups is 1. The number of terminal acetylenes is 1. The summed E-state index contributed by atoms with van der Waals surface area (Å²) in [6, 6.07) is 1.25. The Bertz CT molecular complexity index is 597. The molecule has 0 spiro atoms. The molecular formula is C11H13NO4S2. The first-order valence-corrected chi connectivity index (χ1v) is 7.44. The molecule has 98 valence electrons. The van der Waals surface area contributed by atoms with Gasteiger partial charge in [0.15, 0.2) is 0 Å². The number of hydrogen-bond acceptors (Lipinski definition) is 4. The Hall–Kier alpha value is -1.36. The number of carboxylic acids is 1. The van der Waals surface area contributed by atoms with Crippen LogP contribution in [0.25, 0.3) is 0 Å². The number of aromatic carboxylic acids is 1. The third kappa shape index (κ3) is 2.90. The molecule has 0 aromatic carbocycles. The summed E-state index contributed by atoms with van der Waals surface area (Å²) in [5, 5.41) is 10.3. The maximum absolute atomic E-state index is 12.1. The molecule has 2 N–H and O–H groups in total. The summed E-state index contributed by atoms with van der Waals surface area (Å²) in [7, 11) is -3.94. The van der Waals surface area contributed by atoms with Crippen LogP contribution in [0, 0.1) is 12.3 Å². The Labute approximate surface area is 110 Å². The van der Waals surface area contributed by atoms with Crippen LogP contribution in [-0.2, 0) is 10.0 Å². The van der Waals surface area contributed by atoms with Crippen molar-refractivity contribution in [2.75, 3.05) is 0 Å². The quantitative estimate of drug-likeness (QED) is 0.804. The van der Waals surface area contributed by atoms with Gasteiger partial charge in [-0.3, -0.25) is 0 Å². The van der Waals surface area contributed by atoms with Gasteiger partial charge < -0.3 is 5.11 Å². The molecule has 0 aliphatic carbocycles. The van der Waals surface area contributed by atoms with E-state index in [4.69, 9.17) is 11.5 Å². The first kappa shape index (κ1) is 14.7. The smallest absolute Gasteiger partial charge is 0.347 e. The lowest BCUT2D eigenvalue weighted by molar-refractivity contribution is 0.0698. The van der Waals surface area contributed by atoms with Crippen LogP contribution in [-0.4, -0.2) is 25.0 Å². The summed E-state index contributed by atoms with van der Waals surface area (Å²) < 4.78 is 26.5. The van der Waals surface area contributed by atoms with Crippen molar-refractivity contribution in [3.63, 3.8) is 0 Å². The van der Waals surface area contributed by atoms with E-state index in [0.29, 0.717) is 6.42 Å². The Kier molecular flexibility index (Phi) is 4.16. The molecule has 0 aliphatic heterocycles. The van der Waals surface area contributed by atoms with Gasteiger partial charge in [-0.25, -0.2) is 13.2 Å². The van der Waals surface area contributed by atoms with Crippen molar-refractivity contribution in [3.05, 3.63) is 16.3 Å². The van der Waals surface area contributed by atoms with E-state index in [0.717, 1.165) is 11.3 Å². The second kappa shape index (κ2) is 5.10. The van der Waals surface area contributed by atoms with Gasteiger partial charge in [0.2, 0.25) is 10.0 Å². The molecule has 0 aliphatic rings. The second-order valence-electron chi connectivity index (χ2n) is 3.85. The van der Waals surface area contributed by atoms with Gasteiger partial charge in [0.05, 0.1) is 5.54 Å². The monoisotopic (exact) mass is 287 g/mol. The zero-order valence-electron chi connectivity index (χ0n) is 9.93. The van der Waals surface area contributed by atoms with Crippen LogP contribution in [0.1, 0.15) is 29.9 Å². The number of thiophene rings is 1. The average Bonchev–Trinajstić information content (AvgIpc) is 2.78. The topological polar surface area (TPSA) is 83.5 Å². The summed E-state index contributed by atoms with van der Waals surface area (Å²) in [6.07, 6.45) is 5.68. The normalized spacial score (nSPS) is 14.7. The predicted octanol–water partition coefficient (Wildman–Crippen LogP) is 1.53. The highest BCUT2D eigenvalue weighted by Gasteiger charge is 2.30. The molecule has 1 unspecified atom stereocenters. The van der Waals surface area contributed by atoms with Gasteiger partial charge in [-0.05, 0) is 24.8 Å². The zero-order valence-corrected chi connectivity index (χ0v) is 11.6. The van der Waals surface area contributed by atoms with E-state index in [2.05, 4.69) is 10.6 Å². The molecule has 18 heavy (non-hydrogen) atoms. The van der Waals surface area contributed by atoms with Gasteiger partial charge >= 0.3 is 5.97 Å². The standard InChI is InChI=1S/C11H13NO4S2/c1-4-11(3,5-2)12-18(15,16)8-6-7-17-9(8)10(13)14/h1,6-7,12H,5H2,2-3H3,(H,13,14). The van der Waals surface area contributed by atoms with Crippen molar-refractivity contribution in [1.82, 2.24) is 4.72 Å². The SMILES string of the molecule is C#CC(C)(CC)NS(=O)(=O)c1ccsc1C(=O)O. The van der Waals surface area contributed by atoms with Gasteiger partial charge in [-0.2, -0.15) is 4.72 Å². The summed E-state index contributed by atoms with van der Waals surface area (Å²) in [5.74, 6) is 1.09. The van der Waals surface area contributed by atoms with E-state index in [1.54, 1.807) is 13.8 Å². The minimum Gasteiger partial charge on any atom is -0.477 e. The van der Waals surface area contributed by atoms with Crippen LogP contribution >= 0.6 is 11.3 Å². The first-order chi connectivity index (χ1) is 8.25. The molecule has 0 radical (unpaired) electrons. The largest absolute Gasteiger partial charge is 0.477 e. The lowest BCUT2D eigenvalue weighted by atomic mass is 10.0. The second-order valence-corrected chi connectivity index (χ2v) is 6.42. The molecule has 0 saturated carbocycles. The highest BCUT2D eigenvalue weighted by atomic mass is 32.2. The predicted molar refractivity (Wildman–Crippen MR) is 69.1 cm³/mol. The van der Waals surface area contributed by atoms with Crippen molar-refractivity contribution in [2.45, 2.75) is 30.7 Å². The third-order valence-corrected chi connectivity index (χ3v) is 5.17. The molecule has 1 atom stereocenters. The number of carboxylic acid groups (broad SMARTS) is 1. The van der Waals surface area contributed by atoms with E-state index in [-0.39, 0.29) is 9.77 Å². The number of rotatable bonds is 5. The Balaban J connectivity index is 3.20. The molecule has 0 saturated heterocycles. The van der Waals surface area contributed by atoms with Crippen LogP contribution in [0.2, 0.25) is 0 Å². The fraction of sp³-hybridized carbons (Fsp3) is 0.364. The summed E-state index contributed by atoms with van der Waals surface area (Å²) in [5.41, 5.74) is -1.03. The number of sulfonamides is 1. The summed E-state index contributed by atoms with van der Waals surface area (Å²) >= 11 is 0.855. The van der Waals surface area contributed by atoms with Gasteiger partial charge in [0.1, 0.15) is 9.77 Å². The molecule has 5 nitrogen and oxygen atoms in total. The minimum atomic E-state index is -3.94. The van der Waals surface area contributed by atoms with Crippen molar-refractivity contribution < 1.29 is 18.3 Å². The van der Waals surface area contributed by atoms with Gasteiger partial charge in [-0.15, -0.1) is 17.8 Å². The lowest BCUT2D eigenvalue weighted by Crippen LogP contribution is -2.44. The summed E-state index contributed by atoms with van der Waals surface area (Å²) in [6.45, 7) is 3.31. The Morgan fingerprint density at radius 2 is 2.28 bits per heavy atom. The maximum Gasteiger partial charge on any atom is 0.347 e. The van der Waals surface area contributed by atoms with Crippen LogP contribution in [0.15, 0.2) is 16.3 Å². The van der Waals surface area contributed by atoms with Crippen LogP contribution < -0.4 is 4.72 Å². The van der Waals surface area contributed by atoms with Gasteiger partial charge in [0.25, 0.3) is 0 Å². The maximum atomic E-state index is 12.1. The molecule has 1 aromatic heterocycles. The molecule has 7 heteroatoms. The lowest BCUT2D eigenvalue weighted by Gasteiger charge is -2.22. The number of nitrogens with one attached hydrogen (secondary N) is 1. The highest BCUT2D eigenvalue weighted by Crippen LogP contribution is 2.23. The molecule has 0 amide bonds. The van der Waals surface area contributed by atoms with Crippen LogP contribution in [0.3, 0.4) is 0 Å². The fourth-order valence-corrected chi connectivity index (χ4v) is 3.89. The van der Waals surface area contributed by atoms with Gasteiger partial charge in [0, 0.05) is 0 Å². The van der Waals surface area contributed by atoms with E-state index in [1.807, 2.05) is 0 Å². The van der Waals surface area contributed by atoms with Crippen LogP contribution in [0.5, 0.6) is 0 Å². The minimum absolute atomic E-state index is 0.224. The average molecular weight is 287 g/mol. The van der Waals surface area contributed by atoms with Crippen molar-refractivity contribution in [3.8, 4) is 12.3 Å². The fourth-order valence-electron chi connectivity index (χ4n) is 1.22. The van der Waals surface area contributed by atoms with Crippen molar-refractivity contribution in [1.29, 1.82) is 0 Å². The molecular weight excluding hydrogens is 274 g/mol. The summed E-state index contributed by atoms with van der Waals surface area (Å²) in [4.78, 5) is 10.4. The Morgan fingerprint density at radius 1 is 1.67 bits per heavy atom. The first-order valence-electron chi connectivity index (χ1n) is 5.08. The third-order valence-electron chi connectivity index (χ3n) is 2.50. The molecule has 1 rings (SSSR count). The number of hydrogen-bond donors (Lipinski definition) is 2. The van der Waals surface area contributed by atoms with Crippen molar-refractivity contribution in [2.24, 2.45) is 0 Å². The van der Waals surface area contributed by atoms with Gasteiger partial charge in [-0.1, -0.05) is 12.8 Å². The Morgan fingerprint density at radius 3 is 2.72 bits per heavy atom. The van der Waals surface area contributed by atoms with E-state index in [9.17, 15) is 13.2 Å². The molecule has 0 fully saturated rings.